The lowest BCUT2D eigenvalue weighted by Gasteiger charge is -2.39. The number of benzene rings is 1. The van der Waals surface area contributed by atoms with Gasteiger partial charge in [0.05, 0.1) is 12.1 Å². The van der Waals surface area contributed by atoms with Crippen LogP contribution in [0.1, 0.15) is 104 Å². The smallest absolute Gasteiger partial charge is 0.315 e. The summed E-state index contributed by atoms with van der Waals surface area (Å²) in [5.74, 6) is -2.41. The lowest BCUT2D eigenvalue weighted by Crippen LogP contribution is -2.62. The fraction of sp³-hybridized carbons (Fsp3) is 0.684. The molecule has 1 saturated heterocycles. The van der Waals surface area contributed by atoms with Crippen molar-refractivity contribution in [1.82, 2.24) is 31.1 Å². The molecule has 1 saturated carbocycles. The number of hydrogen-bond acceptors (Lipinski definition) is 6. The number of rotatable bonds is 13. The SMILES string of the molecule is CCCCC(NC(=O)[C@@H]1[C@@H]2[C@H](CN1C(=O)[C@@H](NC(=O)N[C@H](CN1Cc3ccccc3C1=O)C(C)(C)C)C(C)(C)C)C2(C)C)C(=O)C(=O)NCC. The van der Waals surface area contributed by atoms with Gasteiger partial charge in [0.25, 0.3) is 11.8 Å². The normalized spacial score (nSPS) is 22.5. The first kappa shape index (κ1) is 38.8. The van der Waals surface area contributed by atoms with Gasteiger partial charge >= 0.3 is 6.03 Å². The second-order valence-electron chi connectivity index (χ2n) is 17.0. The quantitative estimate of drug-likeness (QED) is 0.231. The molecular weight excluding hydrogens is 636 g/mol. The van der Waals surface area contributed by atoms with Crippen molar-refractivity contribution in [2.45, 2.75) is 119 Å². The minimum Gasteiger partial charge on any atom is -0.350 e. The first-order chi connectivity index (χ1) is 23.2. The van der Waals surface area contributed by atoms with Crippen molar-refractivity contribution < 1.29 is 28.8 Å². The van der Waals surface area contributed by atoms with Crippen LogP contribution < -0.4 is 21.3 Å². The van der Waals surface area contributed by atoms with E-state index in [0.29, 0.717) is 38.0 Å². The fourth-order valence-electron chi connectivity index (χ4n) is 7.52. The van der Waals surface area contributed by atoms with Gasteiger partial charge in [-0.15, -0.1) is 0 Å². The number of Topliss-reactive ketones (excluding diaryl/α,β-unsaturated/α-hetero) is 1. The number of amides is 6. The Hall–Kier alpha value is -3.96. The van der Waals surface area contributed by atoms with Crippen LogP contribution in [0.25, 0.3) is 0 Å². The molecule has 3 aliphatic rings. The summed E-state index contributed by atoms with van der Waals surface area (Å²) in [6, 6.07) is 3.68. The van der Waals surface area contributed by atoms with Gasteiger partial charge in [-0.1, -0.05) is 93.4 Å². The summed E-state index contributed by atoms with van der Waals surface area (Å²) in [6.07, 6.45) is 1.73. The van der Waals surface area contributed by atoms with Gasteiger partial charge in [0.2, 0.25) is 17.6 Å². The molecule has 12 nitrogen and oxygen atoms in total. The fourth-order valence-corrected chi connectivity index (χ4v) is 7.52. The molecule has 12 heteroatoms. The molecule has 0 spiro atoms. The monoisotopic (exact) mass is 694 g/mol. The van der Waals surface area contributed by atoms with Crippen molar-refractivity contribution in [2.75, 3.05) is 19.6 Å². The largest absolute Gasteiger partial charge is 0.350 e. The highest BCUT2D eigenvalue weighted by Gasteiger charge is 2.70. The average molecular weight is 695 g/mol. The maximum absolute atomic E-state index is 14.5. The van der Waals surface area contributed by atoms with E-state index in [1.54, 1.807) is 16.7 Å². The third-order valence-electron chi connectivity index (χ3n) is 10.8. The van der Waals surface area contributed by atoms with Crippen LogP contribution >= 0.6 is 0 Å². The summed E-state index contributed by atoms with van der Waals surface area (Å²) in [5.41, 5.74) is 0.288. The van der Waals surface area contributed by atoms with Crippen LogP contribution in [0.4, 0.5) is 4.79 Å². The van der Waals surface area contributed by atoms with Gasteiger partial charge in [0.1, 0.15) is 12.1 Å². The number of carbonyl (C=O) groups excluding carboxylic acids is 6. The van der Waals surface area contributed by atoms with Crippen LogP contribution in [-0.4, -0.2) is 89.0 Å². The van der Waals surface area contributed by atoms with Crippen molar-refractivity contribution in [3.63, 3.8) is 0 Å². The number of nitrogens with one attached hydrogen (secondary N) is 4. The first-order valence-electron chi connectivity index (χ1n) is 18.1. The topological polar surface area (TPSA) is 157 Å². The van der Waals surface area contributed by atoms with Gasteiger partial charge in [0, 0.05) is 31.7 Å². The number of hydrogen-bond donors (Lipinski definition) is 4. The summed E-state index contributed by atoms with van der Waals surface area (Å²) in [7, 11) is 0. The molecular formula is C38H58N6O6. The molecule has 1 aromatic carbocycles. The van der Waals surface area contributed by atoms with Crippen LogP contribution in [-0.2, 0) is 25.7 Å². The van der Waals surface area contributed by atoms with E-state index in [0.717, 1.165) is 12.0 Å². The van der Waals surface area contributed by atoms with E-state index in [1.165, 1.54) is 0 Å². The van der Waals surface area contributed by atoms with Crippen LogP contribution in [0.5, 0.6) is 0 Å². The van der Waals surface area contributed by atoms with Crippen LogP contribution in [0.3, 0.4) is 0 Å². The Labute approximate surface area is 297 Å². The molecule has 2 aliphatic heterocycles. The van der Waals surface area contributed by atoms with Crippen molar-refractivity contribution >= 4 is 35.4 Å². The molecule has 1 unspecified atom stereocenters. The molecule has 0 aromatic heterocycles. The number of ketones is 1. The Morgan fingerprint density at radius 3 is 2.18 bits per heavy atom. The molecule has 50 heavy (non-hydrogen) atoms. The maximum atomic E-state index is 14.5. The van der Waals surface area contributed by atoms with Crippen LogP contribution in [0.15, 0.2) is 24.3 Å². The van der Waals surface area contributed by atoms with Gasteiger partial charge in [-0.2, -0.15) is 0 Å². The molecule has 2 heterocycles. The van der Waals surface area contributed by atoms with Crippen LogP contribution in [0, 0.1) is 28.1 Å². The molecule has 4 rings (SSSR count). The Morgan fingerprint density at radius 2 is 1.60 bits per heavy atom. The minimum absolute atomic E-state index is 0.0794. The van der Waals surface area contributed by atoms with E-state index in [9.17, 15) is 28.8 Å². The molecule has 276 valence electrons. The van der Waals surface area contributed by atoms with Gasteiger partial charge < -0.3 is 31.1 Å². The molecule has 0 radical (unpaired) electrons. The van der Waals surface area contributed by atoms with Crippen molar-refractivity contribution in [2.24, 2.45) is 28.1 Å². The zero-order chi connectivity index (χ0) is 37.3. The Kier molecular flexibility index (Phi) is 11.4. The van der Waals surface area contributed by atoms with Crippen molar-refractivity contribution in [1.29, 1.82) is 0 Å². The second kappa shape index (κ2) is 14.7. The highest BCUT2D eigenvalue weighted by atomic mass is 16.2. The molecule has 6 amide bonds. The Bertz CT molecular complexity index is 1490. The average Bonchev–Trinajstić information content (AvgIpc) is 3.31. The van der Waals surface area contributed by atoms with Gasteiger partial charge in [0.15, 0.2) is 0 Å². The summed E-state index contributed by atoms with van der Waals surface area (Å²) in [5, 5.41) is 11.4. The highest BCUT2D eigenvalue weighted by Crippen LogP contribution is 2.65. The predicted octanol–water partition coefficient (Wildman–Crippen LogP) is 3.63. The maximum Gasteiger partial charge on any atom is 0.315 e. The lowest BCUT2D eigenvalue weighted by atomic mass is 9.85. The number of nitrogens with zero attached hydrogens (tertiary/aromatic N) is 2. The van der Waals surface area contributed by atoms with E-state index >= 15 is 0 Å². The number of urea groups is 1. The van der Waals surface area contributed by atoms with Crippen LogP contribution in [0.2, 0.25) is 0 Å². The zero-order valence-corrected chi connectivity index (χ0v) is 31.6. The molecule has 0 bridgehead atoms. The third kappa shape index (κ3) is 8.15. The first-order valence-corrected chi connectivity index (χ1v) is 18.1. The molecule has 1 aromatic rings. The Morgan fingerprint density at radius 1 is 0.940 bits per heavy atom. The van der Waals surface area contributed by atoms with Gasteiger partial charge in [-0.3, -0.25) is 24.0 Å². The zero-order valence-electron chi connectivity index (χ0n) is 31.6. The van der Waals surface area contributed by atoms with E-state index in [-0.39, 0.29) is 35.6 Å². The standard InChI is InChI=1S/C38H58N6O6/c1-11-13-18-25(29(45)32(47)39-12-2)40-31(46)28-27-24(38(27,9)10)20-44(28)34(49)30(37(6,7)8)42-35(50)41-26(36(3,4)5)21-43-19-22-16-14-15-17-23(22)33(43)48/h14-17,24-28,30H,11-13,18-21H2,1-10H3,(H,39,47)(H,40,46)(H2,41,42,50)/t24-,25?,26+,27-,28-,30+/m0/s1. The Balaban J connectivity index is 1.52. The number of unbranched alkanes of at least 4 members (excludes halogenated alkanes) is 1. The summed E-state index contributed by atoms with van der Waals surface area (Å²) in [4.78, 5) is 84.2. The number of likely N-dealkylation sites (N-methyl/N-ethyl adjacent to an activating group) is 1. The molecule has 1 aliphatic carbocycles. The second-order valence-corrected chi connectivity index (χ2v) is 17.0. The van der Waals surface area contributed by atoms with E-state index in [2.05, 4.69) is 35.1 Å². The van der Waals surface area contributed by atoms with Crippen molar-refractivity contribution in [3.8, 4) is 0 Å². The molecule has 2 fully saturated rings. The number of likely N-dealkylation sites (tertiary alicyclic amines) is 1. The number of carbonyl (C=O) groups is 6. The predicted molar refractivity (Wildman–Crippen MR) is 191 cm³/mol. The summed E-state index contributed by atoms with van der Waals surface area (Å²) >= 11 is 0. The van der Waals surface area contributed by atoms with E-state index in [1.807, 2.05) is 72.7 Å². The highest BCUT2D eigenvalue weighted by molar-refractivity contribution is 6.38. The summed E-state index contributed by atoms with van der Waals surface area (Å²) in [6.45, 7) is 20.8. The lowest BCUT2D eigenvalue weighted by molar-refractivity contribution is -0.145. The van der Waals surface area contributed by atoms with Gasteiger partial charge in [-0.25, -0.2) is 4.79 Å². The molecule has 6 atom stereocenters. The van der Waals surface area contributed by atoms with E-state index < -0.39 is 58.6 Å². The number of piperidine rings is 1. The van der Waals surface area contributed by atoms with Crippen molar-refractivity contribution in [3.05, 3.63) is 35.4 Å². The number of fused-ring (bicyclic) bond motifs is 2. The molecule has 4 N–H and O–H groups in total. The third-order valence-corrected chi connectivity index (χ3v) is 10.8. The summed E-state index contributed by atoms with van der Waals surface area (Å²) < 4.78 is 0. The minimum atomic E-state index is -1.00. The van der Waals surface area contributed by atoms with Gasteiger partial charge in [-0.05, 0) is 53.1 Å². The van der Waals surface area contributed by atoms with E-state index in [4.69, 9.17) is 0 Å².